The van der Waals surface area contributed by atoms with Crippen LogP contribution in [0.4, 0.5) is 5.69 Å². The highest BCUT2D eigenvalue weighted by Crippen LogP contribution is 2.24. The van der Waals surface area contributed by atoms with Gasteiger partial charge in [-0.15, -0.1) is 0 Å². The molecule has 0 unspecified atom stereocenters. The summed E-state index contributed by atoms with van der Waals surface area (Å²) in [6.45, 7) is 4.49. The number of sulfonamides is 1. The van der Waals surface area contributed by atoms with Crippen LogP contribution >= 0.6 is 0 Å². The van der Waals surface area contributed by atoms with Crippen LogP contribution in [0.15, 0.2) is 53.4 Å². The first-order valence-corrected chi connectivity index (χ1v) is 8.31. The van der Waals surface area contributed by atoms with Gasteiger partial charge < -0.3 is 5.73 Å². The van der Waals surface area contributed by atoms with Crippen LogP contribution in [-0.4, -0.2) is 15.0 Å². The SMILES string of the molecule is CCN(c1ccc(C)cc1)S(=O)(=O)c1cccc(CN)c1. The van der Waals surface area contributed by atoms with Crippen LogP contribution in [0.5, 0.6) is 0 Å². The van der Waals surface area contributed by atoms with Gasteiger partial charge in [-0.1, -0.05) is 29.8 Å². The first-order chi connectivity index (χ1) is 9.98. The van der Waals surface area contributed by atoms with E-state index >= 15 is 0 Å². The lowest BCUT2D eigenvalue weighted by Crippen LogP contribution is -2.30. The van der Waals surface area contributed by atoms with E-state index in [9.17, 15) is 8.42 Å². The number of nitrogens with zero attached hydrogens (tertiary/aromatic N) is 1. The second-order valence-electron chi connectivity index (χ2n) is 4.86. The quantitative estimate of drug-likeness (QED) is 0.923. The van der Waals surface area contributed by atoms with E-state index in [2.05, 4.69) is 0 Å². The van der Waals surface area contributed by atoms with Gasteiger partial charge >= 0.3 is 0 Å². The molecule has 0 aliphatic heterocycles. The molecular weight excluding hydrogens is 284 g/mol. The topological polar surface area (TPSA) is 63.4 Å². The summed E-state index contributed by atoms with van der Waals surface area (Å²) in [6, 6.07) is 14.2. The molecular formula is C16H20N2O2S. The number of benzene rings is 2. The fraction of sp³-hybridized carbons (Fsp3) is 0.250. The van der Waals surface area contributed by atoms with Gasteiger partial charge in [0.05, 0.1) is 10.6 Å². The minimum absolute atomic E-state index is 0.271. The average Bonchev–Trinajstić information content (AvgIpc) is 2.50. The fourth-order valence-electron chi connectivity index (χ4n) is 2.16. The Morgan fingerprint density at radius 3 is 2.33 bits per heavy atom. The molecule has 2 aromatic carbocycles. The number of anilines is 1. The third-order valence-electron chi connectivity index (χ3n) is 3.33. The van der Waals surface area contributed by atoms with Crippen molar-refractivity contribution in [2.24, 2.45) is 5.73 Å². The van der Waals surface area contributed by atoms with Crippen LogP contribution in [0.25, 0.3) is 0 Å². The maximum absolute atomic E-state index is 12.8. The molecule has 4 nitrogen and oxygen atoms in total. The summed E-state index contributed by atoms with van der Waals surface area (Å²) in [4.78, 5) is 0.271. The normalized spacial score (nSPS) is 11.4. The van der Waals surface area contributed by atoms with Crippen molar-refractivity contribution in [2.45, 2.75) is 25.3 Å². The van der Waals surface area contributed by atoms with Crippen LogP contribution < -0.4 is 10.0 Å². The number of hydrogen-bond donors (Lipinski definition) is 1. The molecule has 2 aromatic rings. The van der Waals surface area contributed by atoms with Gasteiger partial charge in [-0.25, -0.2) is 8.42 Å². The fourth-order valence-corrected chi connectivity index (χ4v) is 3.71. The van der Waals surface area contributed by atoms with E-state index in [4.69, 9.17) is 5.73 Å². The van der Waals surface area contributed by atoms with Gasteiger partial charge in [-0.3, -0.25) is 4.31 Å². The van der Waals surface area contributed by atoms with E-state index in [1.807, 2.05) is 44.2 Å². The summed E-state index contributed by atoms with van der Waals surface area (Å²) < 4.78 is 27.0. The van der Waals surface area contributed by atoms with Crippen LogP contribution in [0.2, 0.25) is 0 Å². The Labute approximate surface area is 126 Å². The van der Waals surface area contributed by atoms with Crippen molar-refractivity contribution >= 4 is 15.7 Å². The van der Waals surface area contributed by atoms with Gasteiger partial charge in [0.25, 0.3) is 10.0 Å². The van der Waals surface area contributed by atoms with Gasteiger partial charge in [0.2, 0.25) is 0 Å². The van der Waals surface area contributed by atoms with Crippen molar-refractivity contribution < 1.29 is 8.42 Å². The van der Waals surface area contributed by atoms with Crippen molar-refractivity contribution in [3.05, 3.63) is 59.7 Å². The lowest BCUT2D eigenvalue weighted by Gasteiger charge is -2.23. The Kier molecular flexibility index (Phi) is 4.65. The molecule has 0 saturated carbocycles. The molecule has 0 aromatic heterocycles. The zero-order valence-corrected chi connectivity index (χ0v) is 13.1. The minimum Gasteiger partial charge on any atom is -0.326 e. The second-order valence-corrected chi connectivity index (χ2v) is 6.72. The molecule has 112 valence electrons. The van der Waals surface area contributed by atoms with E-state index in [-0.39, 0.29) is 4.90 Å². The highest BCUT2D eigenvalue weighted by atomic mass is 32.2. The summed E-state index contributed by atoms with van der Waals surface area (Å²) in [6.07, 6.45) is 0. The van der Waals surface area contributed by atoms with Crippen LogP contribution in [0.1, 0.15) is 18.1 Å². The van der Waals surface area contributed by atoms with E-state index in [0.717, 1.165) is 11.1 Å². The summed E-state index contributed by atoms with van der Waals surface area (Å²) >= 11 is 0. The van der Waals surface area contributed by atoms with Gasteiger partial charge in [-0.05, 0) is 43.7 Å². The smallest absolute Gasteiger partial charge is 0.264 e. The maximum atomic E-state index is 12.8. The van der Waals surface area contributed by atoms with Crippen molar-refractivity contribution in [1.29, 1.82) is 0 Å². The van der Waals surface area contributed by atoms with Crippen molar-refractivity contribution in [3.63, 3.8) is 0 Å². The molecule has 0 aliphatic carbocycles. The first kappa shape index (κ1) is 15.5. The van der Waals surface area contributed by atoms with Crippen LogP contribution in [0.3, 0.4) is 0 Å². The summed E-state index contributed by atoms with van der Waals surface area (Å²) in [7, 11) is -3.57. The minimum atomic E-state index is -3.57. The highest BCUT2D eigenvalue weighted by molar-refractivity contribution is 7.92. The molecule has 5 heteroatoms. The van der Waals surface area contributed by atoms with Crippen LogP contribution in [0, 0.1) is 6.92 Å². The average molecular weight is 304 g/mol. The third-order valence-corrected chi connectivity index (χ3v) is 5.23. The maximum Gasteiger partial charge on any atom is 0.264 e. The molecule has 0 amide bonds. The molecule has 0 atom stereocenters. The van der Waals surface area contributed by atoms with Gasteiger partial charge in [-0.2, -0.15) is 0 Å². The Balaban J connectivity index is 2.46. The van der Waals surface area contributed by atoms with E-state index in [0.29, 0.717) is 18.8 Å². The van der Waals surface area contributed by atoms with E-state index in [1.165, 1.54) is 4.31 Å². The Hall–Kier alpha value is -1.85. The van der Waals surface area contributed by atoms with Crippen molar-refractivity contribution in [1.82, 2.24) is 0 Å². The molecule has 0 bridgehead atoms. The molecule has 21 heavy (non-hydrogen) atoms. The molecule has 2 rings (SSSR count). The molecule has 0 spiro atoms. The molecule has 2 N–H and O–H groups in total. The molecule has 0 saturated heterocycles. The van der Waals surface area contributed by atoms with Gasteiger partial charge in [0.15, 0.2) is 0 Å². The molecule has 0 heterocycles. The van der Waals surface area contributed by atoms with Crippen molar-refractivity contribution in [3.8, 4) is 0 Å². The summed E-state index contributed by atoms with van der Waals surface area (Å²) in [5.41, 5.74) is 8.15. The standard InChI is InChI=1S/C16H20N2O2S/c1-3-18(15-9-7-13(2)8-10-15)21(19,20)16-6-4-5-14(11-16)12-17/h4-11H,3,12,17H2,1-2H3. The Bertz CT molecular complexity index is 709. The summed E-state index contributed by atoms with van der Waals surface area (Å²) in [5, 5.41) is 0. The zero-order chi connectivity index (χ0) is 15.5. The lowest BCUT2D eigenvalue weighted by atomic mass is 10.2. The van der Waals surface area contributed by atoms with E-state index < -0.39 is 10.0 Å². The number of aryl methyl sites for hydroxylation is 1. The molecule has 0 radical (unpaired) electrons. The summed E-state index contributed by atoms with van der Waals surface area (Å²) in [5.74, 6) is 0. The second kappa shape index (κ2) is 6.28. The van der Waals surface area contributed by atoms with Crippen LogP contribution in [-0.2, 0) is 16.6 Å². The molecule has 0 fully saturated rings. The largest absolute Gasteiger partial charge is 0.326 e. The van der Waals surface area contributed by atoms with Gasteiger partial charge in [0, 0.05) is 13.1 Å². The Morgan fingerprint density at radius 2 is 1.76 bits per heavy atom. The number of hydrogen-bond acceptors (Lipinski definition) is 3. The zero-order valence-electron chi connectivity index (χ0n) is 12.3. The highest BCUT2D eigenvalue weighted by Gasteiger charge is 2.23. The lowest BCUT2D eigenvalue weighted by molar-refractivity contribution is 0.591. The van der Waals surface area contributed by atoms with Gasteiger partial charge in [0.1, 0.15) is 0 Å². The van der Waals surface area contributed by atoms with Crippen molar-refractivity contribution in [2.75, 3.05) is 10.8 Å². The Morgan fingerprint density at radius 1 is 1.10 bits per heavy atom. The number of rotatable bonds is 5. The third kappa shape index (κ3) is 3.25. The molecule has 0 aliphatic rings. The first-order valence-electron chi connectivity index (χ1n) is 6.87. The van der Waals surface area contributed by atoms with E-state index in [1.54, 1.807) is 18.2 Å². The predicted octanol–water partition coefficient (Wildman–Crippen LogP) is 2.67. The number of nitrogens with two attached hydrogens (primary N) is 1. The monoisotopic (exact) mass is 304 g/mol. The predicted molar refractivity (Wildman–Crippen MR) is 85.7 cm³/mol.